The molecule has 2 heterocycles. The SMILES string of the molecule is CCCC(C)(c1ccc(F)cc1)c1cc(OC(=O)CCCCCCCN2CCSCC2)c2c(c1)OC(C)(C)C1=C2CCC1. The quantitative estimate of drug-likeness (QED) is 0.129. The van der Waals surface area contributed by atoms with Crippen LogP contribution in [0, 0.1) is 5.82 Å². The first kappa shape index (κ1) is 32.1. The Hall–Kier alpha value is -2.31. The maximum absolute atomic E-state index is 13.9. The molecule has 2 aliphatic heterocycles. The highest BCUT2D eigenvalue weighted by Crippen LogP contribution is 2.53. The van der Waals surface area contributed by atoms with Crippen LogP contribution >= 0.6 is 11.8 Å². The highest BCUT2D eigenvalue weighted by atomic mass is 32.2. The molecular formula is C37H50FNO3S. The topological polar surface area (TPSA) is 38.8 Å². The average molecular weight is 608 g/mol. The van der Waals surface area contributed by atoms with Crippen molar-refractivity contribution in [1.82, 2.24) is 4.90 Å². The third kappa shape index (κ3) is 7.50. The largest absolute Gasteiger partial charge is 0.483 e. The minimum atomic E-state index is -0.400. The van der Waals surface area contributed by atoms with E-state index in [2.05, 4.69) is 56.5 Å². The summed E-state index contributed by atoms with van der Waals surface area (Å²) in [5, 5.41) is 0. The molecule has 43 heavy (non-hydrogen) atoms. The summed E-state index contributed by atoms with van der Waals surface area (Å²) in [5.41, 5.74) is 4.86. The Morgan fingerprint density at radius 2 is 1.74 bits per heavy atom. The lowest BCUT2D eigenvalue weighted by Gasteiger charge is -2.38. The lowest BCUT2D eigenvalue weighted by molar-refractivity contribution is -0.134. The molecule has 1 atom stereocenters. The van der Waals surface area contributed by atoms with E-state index in [1.807, 2.05) is 12.1 Å². The number of rotatable bonds is 13. The molecule has 4 nitrogen and oxygen atoms in total. The van der Waals surface area contributed by atoms with Crippen LogP contribution in [-0.4, -0.2) is 47.6 Å². The molecule has 1 fully saturated rings. The number of fused-ring (bicyclic) bond motifs is 2. The molecule has 0 aromatic heterocycles. The normalized spacial score (nSPS) is 19.4. The number of esters is 1. The molecular weight excluding hydrogens is 557 g/mol. The van der Waals surface area contributed by atoms with Crippen LogP contribution in [0.1, 0.15) is 115 Å². The maximum atomic E-state index is 13.9. The van der Waals surface area contributed by atoms with Gasteiger partial charge in [-0.05, 0) is 105 Å². The number of ether oxygens (including phenoxy) is 2. The van der Waals surface area contributed by atoms with Crippen molar-refractivity contribution in [2.75, 3.05) is 31.1 Å². The third-order valence-corrected chi connectivity index (χ3v) is 10.7. The van der Waals surface area contributed by atoms with Crippen molar-refractivity contribution in [3.05, 3.63) is 64.5 Å². The van der Waals surface area contributed by atoms with E-state index in [-0.39, 0.29) is 17.2 Å². The summed E-state index contributed by atoms with van der Waals surface area (Å²) in [4.78, 5) is 15.9. The number of halogens is 1. The summed E-state index contributed by atoms with van der Waals surface area (Å²) in [5.74, 6) is 3.53. The lowest BCUT2D eigenvalue weighted by atomic mass is 9.72. The first-order valence-corrected chi connectivity index (χ1v) is 17.7. The molecule has 0 N–H and O–H groups in total. The summed E-state index contributed by atoms with van der Waals surface area (Å²) >= 11 is 2.06. The first-order valence-electron chi connectivity index (χ1n) is 16.6. The molecule has 0 bridgehead atoms. The Bertz CT molecular complexity index is 1300. The van der Waals surface area contributed by atoms with Gasteiger partial charge in [0.1, 0.15) is 22.9 Å². The second kappa shape index (κ2) is 14.2. The van der Waals surface area contributed by atoms with E-state index < -0.39 is 5.60 Å². The van der Waals surface area contributed by atoms with Crippen LogP contribution in [0.25, 0.3) is 5.57 Å². The molecule has 2 aromatic carbocycles. The van der Waals surface area contributed by atoms with Gasteiger partial charge in [-0.2, -0.15) is 11.8 Å². The predicted molar refractivity (Wildman–Crippen MR) is 177 cm³/mol. The van der Waals surface area contributed by atoms with Gasteiger partial charge in [-0.1, -0.05) is 51.7 Å². The van der Waals surface area contributed by atoms with Crippen LogP contribution in [-0.2, 0) is 10.2 Å². The van der Waals surface area contributed by atoms with Crippen molar-refractivity contribution in [2.24, 2.45) is 0 Å². The van der Waals surface area contributed by atoms with Crippen molar-refractivity contribution in [3.8, 4) is 11.5 Å². The number of hydrogen-bond donors (Lipinski definition) is 0. The zero-order chi connectivity index (χ0) is 30.5. The van der Waals surface area contributed by atoms with E-state index in [0.29, 0.717) is 12.2 Å². The van der Waals surface area contributed by atoms with Gasteiger partial charge in [0, 0.05) is 36.4 Å². The van der Waals surface area contributed by atoms with E-state index >= 15 is 0 Å². The Morgan fingerprint density at radius 3 is 2.49 bits per heavy atom. The van der Waals surface area contributed by atoms with Crippen LogP contribution in [0.15, 0.2) is 42.0 Å². The number of unbranched alkanes of at least 4 members (excludes halogenated alkanes) is 4. The summed E-state index contributed by atoms with van der Waals surface area (Å²) in [6, 6.07) is 11.0. The predicted octanol–water partition coefficient (Wildman–Crippen LogP) is 9.34. The standard InChI is InChI=1S/C37H50FNO3S/c1-5-19-37(4,27-15-17-29(38)18-16-27)28-25-32(35-30-12-11-13-31(30)36(2,3)42-33(35)26-28)41-34(40)14-9-7-6-8-10-20-39-21-23-43-24-22-39/h15-18,25-26H,5-14,19-24H2,1-4H3. The van der Waals surface area contributed by atoms with Crippen LogP contribution in [0.3, 0.4) is 0 Å². The molecule has 5 rings (SSSR count). The zero-order valence-electron chi connectivity index (χ0n) is 26.7. The Balaban J connectivity index is 1.32. The molecule has 1 saturated heterocycles. The number of carbonyl (C=O) groups is 1. The van der Waals surface area contributed by atoms with E-state index in [1.165, 1.54) is 67.3 Å². The van der Waals surface area contributed by atoms with Gasteiger partial charge in [-0.15, -0.1) is 0 Å². The minimum absolute atomic E-state index is 0.172. The van der Waals surface area contributed by atoms with E-state index in [0.717, 1.165) is 73.8 Å². The van der Waals surface area contributed by atoms with Gasteiger partial charge in [0.05, 0.1) is 5.56 Å². The zero-order valence-corrected chi connectivity index (χ0v) is 27.6. The minimum Gasteiger partial charge on any atom is -0.483 e. The van der Waals surface area contributed by atoms with E-state index in [4.69, 9.17) is 9.47 Å². The average Bonchev–Trinajstić information content (AvgIpc) is 3.48. The number of thioether (sulfide) groups is 1. The molecule has 0 spiro atoms. The molecule has 1 unspecified atom stereocenters. The molecule has 3 aliphatic rings. The number of carbonyl (C=O) groups excluding carboxylic acids is 1. The molecule has 0 radical (unpaired) electrons. The maximum Gasteiger partial charge on any atom is 0.311 e. The molecule has 234 valence electrons. The number of hydrogen-bond acceptors (Lipinski definition) is 5. The molecule has 2 aromatic rings. The van der Waals surface area contributed by atoms with Crippen molar-refractivity contribution in [1.29, 1.82) is 0 Å². The summed E-state index contributed by atoms with van der Waals surface area (Å²) < 4.78 is 26.8. The molecule has 0 saturated carbocycles. The van der Waals surface area contributed by atoms with E-state index in [9.17, 15) is 9.18 Å². The fourth-order valence-electron chi connectivity index (χ4n) is 7.29. The van der Waals surface area contributed by atoms with Crippen LogP contribution in [0.4, 0.5) is 4.39 Å². The Morgan fingerprint density at radius 1 is 1.02 bits per heavy atom. The van der Waals surface area contributed by atoms with Gasteiger partial charge in [0.25, 0.3) is 0 Å². The van der Waals surface area contributed by atoms with Crippen LogP contribution < -0.4 is 9.47 Å². The monoisotopic (exact) mass is 607 g/mol. The highest BCUT2D eigenvalue weighted by molar-refractivity contribution is 7.99. The summed E-state index contributed by atoms with van der Waals surface area (Å²) in [7, 11) is 0. The van der Waals surface area contributed by atoms with Gasteiger partial charge < -0.3 is 14.4 Å². The van der Waals surface area contributed by atoms with Gasteiger partial charge >= 0.3 is 5.97 Å². The van der Waals surface area contributed by atoms with Gasteiger partial charge in [-0.3, -0.25) is 4.79 Å². The fraction of sp³-hybridized carbons (Fsp3) is 0.595. The molecule has 1 aliphatic carbocycles. The van der Waals surface area contributed by atoms with Crippen molar-refractivity contribution in [2.45, 2.75) is 109 Å². The van der Waals surface area contributed by atoms with Gasteiger partial charge in [0.15, 0.2) is 0 Å². The molecule has 6 heteroatoms. The second-order valence-electron chi connectivity index (χ2n) is 13.3. The van der Waals surface area contributed by atoms with Crippen LogP contribution in [0.5, 0.6) is 11.5 Å². The fourth-order valence-corrected chi connectivity index (χ4v) is 8.27. The third-order valence-electron chi connectivity index (χ3n) is 9.73. The smallest absolute Gasteiger partial charge is 0.311 e. The number of allylic oxidation sites excluding steroid dienone is 1. The Labute approximate surface area is 262 Å². The Kier molecular flexibility index (Phi) is 10.6. The second-order valence-corrected chi connectivity index (χ2v) is 14.5. The molecule has 0 amide bonds. The summed E-state index contributed by atoms with van der Waals surface area (Å²) in [6.07, 6.45) is 10.8. The lowest BCUT2D eigenvalue weighted by Crippen LogP contribution is -2.34. The van der Waals surface area contributed by atoms with Gasteiger partial charge in [0.2, 0.25) is 0 Å². The van der Waals surface area contributed by atoms with Gasteiger partial charge in [-0.25, -0.2) is 4.39 Å². The van der Waals surface area contributed by atoms with Crippen molar-refractivity contribution >= 4 is 23.3 Å². The number of benzene rings is 2. The van der Waals surface area contributed by atoms with Crippen LogP contribution in [0.2, 0.25) is 0 Å². The first-order chi connectivity index (χ1) is 20.7. The van der Waals surface area contributed by atoms with E-state index in [1.54, 1.807) is 0 Å². The van der Waals surface area contributed by atoms with Crippen molar-refractivity contribution in [3.63, 3.8) is 0 Å². The van der Waals surface area contributed by atoms with Crippen molar-refractivity contribution < 1.29 is 18.7 Å². The highest BCUT2D eigenvalue weighted by Gasteiger charge is 2.40. The number of nitrogens with zero attached hydrogens (tertiary/aromatic N) is 1. The summed E-state index contributed by atoms with van der Waals surface area (Å²) in [6.45, 7) is 12.3.